The van der Waals surface area contributed by atoms with Crippen LogP contribution in [0.4, 0.5) is 0 Å². The molecule has 0 saturated heterocycles. The molecular formula is C19H24. The van der Waals surface area contributed by atoms with E-state index in [4.69, 9.17) is 0 Å². The molecule has 100 valence electrons. The average Bonchev–Trinajstić information content (AvgIpc) is 2.39. The van der Waals surface area contributed by atoms with Gasteiger partial charge in [-0.3, -0.25) is 0 Å². The molecule has 0 aliphatic carbocycles. The lowest BCUT2D eigenvalue weighted by Crippen LogP contribution is -1.94. The van der Waals surface area contributed by atoms with Crippen molar-refractivity contribution in [1.82, 2.24) is 0 Å². The lowest BCUT2D eigenvalue weighted by molar-refractivity contribution is 0.900. The van der Waals surface area contributed by atoms with E-state index in [1.807, 2.05) is 0 Å². The molecule has 0 aliphatic heterocycles. The Bertz CT molecular complexity index is 564. The topological polar surface area (TPSA) is 0 Å². The van der Waals surface area contributed by atoms with Crippen molar-refractivity contribution in [3.63, 3.8) is 0 Å². The monoisotopic (exact) mass is 252 g/mol. The molecule has 0 aliphatic rings. The first-order chi connectivity index (χ1) is 9.15. The molecule has 0 saturated carbocycles. The van der Waals surface area contributed by atoms with Crippen molar-refractivity contribution < 1.29 is 0 Å². The van der Waals surface area contributed by atoms with Gasteiger partial charge in [0.1, 0.15) is 0 Å². The zero-order valence-corrected chi connectivity index (χ0v) is 12.6. The smallest absolute Gasteiger partial charge is 0.0154 e. The van der Waals surface area contributed by atoms with Crippen LogP contribution in [0, 0.1) is 13.8 Å². The third kappa shape index (κ3) is 3.07. The van der Waals surface area contributed by atoms with Crippen molar-refractivity contribution in [3.8, 4) is 11.1 Å². The van der Waals surface area contributed by atoms with Gasteiger partial charge in [0.15, 0.2) is 0 Å². The summed E-state index contributed by atoms with van der Waals surface area (Å²) in [6.45, 7) is 8.85. The van der Waals surface area contributed by atoms with Gasteiger partial charge < -0.3 is 0 Å². The minimum absolute atomic E-state index is 1.13. The molecule has 0 amide bonds. The maximum absolute atomic E-state index is 2.39. The molecule has 0 atom stereocenters. The SMILES string of the molecule is CCCc1cc(-c2ccc(C)cc2C)ccc1CC. The Hall–Kier alpha value is -1.56. The first-order valence-electron chi connectivity index (χ1n) is 7.35. The van der Waals surface area contributed by atoms with Crippen LogP contribution >= 0.6 is 0 Å². The Morgan fingerprint density at radius 3 is 2.26 bits per heavy atom. The van der Waals surface area contributed by atoms with Gasteiger partial charge in [0.2, 0.25) is 0 Å². The van der Waals surface area contributed by atoms with E-state index in [0.717, 1.165) is 6.42 Å². The van der Waals surface area contributed by atoms with Gasteiger partial charge in [-0.2, -0.15) is 0 Å². The highest BCUT2D eigenvalue weighted by Crippen LogP contribution is 2.27. The number of benzene rings is 2. The predicted molar refractivity (Wildman–Crippen MR) is 84.7 cm³/mol. The molecule has 0 nitrogen and oxygen atoms in total. The van der Waals surface area contributed by atoms with Gasteiger partial charge in [-0.15, -0.1) is 0 Å². The minimum atomic E-state index is 1.13. The summed E-state index contributed by atoms with van der Waals surface area (Å²) in [5.41, 5.74) is 8.44. The van der Waals surface area contributed by atoms with E-state index in [-0.39, 0.29) is 0 Å². The maximum Gasteiger partial charge on any atom is -0.0154 e. The van der Waals surface area contributed by atoms with Gasteiger partial charge in [-0.05, 0) is 54.5 Å². The van der Waals surface area contributed by atoms with Gasteiger partial charge in [0.25, 0.3) is 0 Å². The zero-order chi connectivity index (χ0) is 13.8. The van der Waals surface area contributed by atoms with Gasteiger partial charge in [-0.1, -0.05) is 62.2 Å². The van der Waals surface area contributed by atoms with E-state index >= 15 is 0 Å². The molecular weight excluding hydrogens is 228 g/mol. The minimum Gasteiger partial charge on any atom is -0.0651 e. The number of aryl methyl sites for hydroxylation is 4. The fraction of sp³-hybridized carbons (Fsp3) is 0.368. The van der Waals surface area contributed by atoms with Crippen LogP contribution in [0.3, 0.4) is 0 Å². The Balaban J connectivity index is 2.47. The molecule has 0 aromatic heterocycles. The number of hydrogen-bond acceptors (Lipinski definition) is 0. The summed E-state index contributed by atoms with van der Waals surface area (Å²) in [6, 6.07) is 13.7. The van der Waals surface area contributed by atoms with Crippen LogP contribution in [0.15, 0.2) is 36.4 Å². The first kappa shape index (κ1) is 13.9. The molecule has 2 aromatic rings. The van der Waals surface area contributed by atoms with Crippen LogP contribution in [0.1, 0.15) is 42.5 Å². The van der Waals surface area contributed by atoms with E-state index in [2.05, 4.69) is 64.1 Å². The molecule has 0 radical (unpaired) electrons. The molecule has 0 fully saturated rings. The van der Waals surface area contributed by atoms with Crippen molar-refractivity contribution in [2.45, 2.75) is 47.0 Å². The van der Waals surface area contributed by atoms with Gasteiger partial charge in [0.05, 0.1) is 0 Å². The zero-order valence-electron chi connectivity index (χ0n) is 12.6. The summed E-state index contributed by atoms with van der Waals surface area (Å²) >= 11 is 0. The van der Waals surface area contributed by atoms with E-state index in [0.29, 0.717) is 0 Å². The quantitative estimate of drug-likeness (QED) is 0.675. The summed E-state index contributed by atoms with van der Waals surface area (Å²) in [6.07, 6.45) is 3.52. The van der Waals surface area contributed by atoms with Crippen molar-refractivity contribution >= 4 is 0 Å². The number of rotatable bonds is 4. The lowest BCUT2D eigenvalue weighted by atomic mass is 9.93. The van der Waals surface area contributed by atoms with Crippen LogP contribution in [0.2, 0.25) is 0 Å². The normalized spacial score (nSPS) is 10.7. The summed E-state index contributed by atoms with van der Waals surface area (Å²) in [7, 11) is 0. The second-order valence-electron chi connectivity index (χ2n) is 5.41. The predicted octanol–water partition coefficient (Wildman–Crippen LogP) is 5.49. The van der Waals surface area contributed by atoms with Gasteiger partial charge in [-0.25, -0.2) is 0 Å². The van der Waals surface area contributed by atoms with Crippen LogP contribution < -0.4 is 0 Å². The molecule has 0 N–H and O–H groups in total. The van der Waals surface area contributed by atoms with E-state index < -0.39 is 0 Å². The van der Waals surface area contributed by atoms with E-state index in [1.54, 1.807) is 0 Å². The largest absolute Gasteiger partial charge is 0.0651 e. The third-order valence-corrected chi connectivity index (χ3v) is 3.80. The summed E-state index contributed by atoms with van der Waals surface area (Å²) in [5.74, 6) is 0. The average molecular weight is 252 g/mol. The van der Waals surface area contributed by atoms with Crippen molar-refractivity contribution in [2.24, 2.45) is 0 Å². The molecule has 0 bridgehead atoms. The standard InChI is InChI=1S/C19H24/c1-5-7-17-13-18(10-9-16(17)6-2)19-11-8-14(3)12-15(19)4/h8-13H,5-7H2,1-4H3. The third-order valence-electron chi connectivity index (χ3n) is 3.80. The Kier molecular flexibility index (Phi) is 4.42. The fourth-order valence-corrected chi connectivity index (χ4v) is 2.78. The highest BCUT2D eigenvalue weighted by molar-refractivity contribution is 5.68. The van der Waals surface area contributed by atoms with E-state index in [9.17, 15) is 0 Å². The second-order valence-corrected chi connectivity index (χ2v) is 5.41. The molecule has 2 rings (SSSR count). The molecule has 0 heteroatoms. The van der Waals surface area contributed by atoms with Crippen molar-refractivity contribution in [3.05, 3.63) is 58.7 Å². The molecule has 0 spiro atoms. The van der Waals surface area contributed by atoms with Crippen molar-refractivity contribution in [1.29, 1.82) is 0 Å². The lowest BCUT2D eigenvalue weighted by Gasteiger charge is -2.12. The van der Waals surface area contributed by atoms with Gasteiger partial charge in [0, 0.05) is 0 Å². The van der Waals surface area contributed by atoms with Crippen LogP contribution in [-0.4, -0.2) is 0 Å². The second kappa shape index (κ2) is 6.06. The first-order valence-corrected chi connectivity index (χ1v) is 7.35. The molecule has 2 aromatic carbocycles. The van der Waals surface area contributed by atoms with Gasteiger partial charge >= 0.3 is 0 Å². The van der Waals surface area contributed by atoms with Crippen LogP contribution in [-0.2, 0) is 12.8 Å². The summed E-state index contributed by atoms with van der Waals surface area (Å²) in [4.78, 5) is 0. The highest BCUT2D eigenvalue weighted by Gasteiger charge is 2.06. The maximum atomic E-state index is 2.39. The molecule has 19 heavy (non-hydrogen) atoms. The van der Waals surface area contributed by atoms with E-state index in [1.165, 1.54) is 46.2 Å². The van der Waals surface area contributed by atoms with Crippen LogP contribution in [0.5, 0.6) is 0 Å². The number of hydrogen-bond donors (Lipinski definition) is 0. The van der Waals surface area contributed by atoms with Crippen LogP contribution in [0.25, 0.3) is 11.1 Å². The summed E-state index contributed by atoms with van der Waals surface area (Å²) < 4.78 is 0. The Labute approximate surface area is 117 Å². The molecule has 0 heterocycles. The molecule has 0 unspecified atom stereocenters. The Morgan fingerprint density at radius 1 is 0.842 bits per heavy atom. The highest BCUT2D eigenvalue weighted by atomic mass is 14.1. The van der Waals surface area contributed by atoms with Crippen molar-refractivity contribution in [2.75, 3.05) is 0 Å². The fourth-order valence-electron chi connectivity index (χ4n) is 2.78. The summed E-state index contributed by atoms with van der Waals surface area (Å²) in [5, 5.41) is 0. The Morgan fingerprint density at radius 2 is 1.63 bits per heavy atom.